The lowest BCUT2D eigenvalue weighted by Gasteiger charge is -2.28. The largest absolute Gasteiger partial charge is 0.395 e. The summed E-state index contributed by atoms with van der Waals surface area (Å²) in [6.07, 6.45) is 0. The van der Waals surface area contributed by atoms with Gasteiger partial charge in [0.1, 0.15) is 0 Å². The number of methoxy groups -OCH3 is 1. The summed E-state index contributed by atoms with van der Waals surface area (Å²) in [5.41, 5.74) is 0. The SMILES string of the molecule is COCCN(C(C)C)S(=O)(=O)C(C)CO. The van der Waals surface area contributed by atoms with Crippen LogP contribution < -0.4 is 0 Å². The summed E-state index contributed by atoms with van der Waals surface area (Å²) in [5, 5.41) is 8.12. The van der Waals surface area contributed by atoms with Crippen molar-refractivity contribution in [3.63, 3.8) is 0 Å². The molecule has 0 fully saturated rings. The second-order valence-corrected chi connectivity index (χ2v) is 6.04. The molecule has 0 aromatic rings. The summed E-state index contributed by atoms with van der Waals surface area (Å²) in [6, 6.07) is -0.126. The molecule has 0 radical (unpaired) electrons. The quantitative estimate of drug-likeness (QED) is 0.682. The Hall–Kier alpha value is -0.170. The number of aliphatic hydroxyl groups excluding tert-OH is 1. The third-order valence-corrected chi connectivity index (χ3v) is 4.61. The van der Waals surface area contributed by atoms with Crippen molar-refractivity contribution < 1.29 is 18.3 Å². The molecule has 1 atom stereocenters. The Morgan fingerprint density at radius 1 is 1.33 bits per heavy atom. The van der Waals surface area contributed by atoms with Gasteiger partial charge in [0.25, 0.3) is 0 Å². The van der Waals surface area contributed by atoms with Crippen molar-refractivity contribution >= 4 is 10.0 Å². The summed E-state index contributed by atoms with van der Waals surface area (Å²) >= 11 is 0. The molecule has 0 rings (SSSR count). The lowest BCUT2D eigenvalue weighted by atomic mass is 10.4. The van der Waals surface area contributed by atoms with E-state index in [4.69, 9.17) is 9.84 Å². The topological polar surface area (TPSA) is 66.8 Å². The van der Waals surface area contributed by atoms with Crippen LogP contribution in [-0.2, 0) is 14.8 Å². The van der Waals surface area contributed by atoms with Gasteiger partial charge in [-0.25, -0.2) is 8.42 Å². The van der Waals surface area contributed by atoms with Crippen LogP contribution in [0.1, 0.15) is 20.8 Å². The molecular formula is C9H21NO4S. The number of aliphatic hydroxyl groups is 1. The van der Waals surface area contributed by atoms with Gasteiger partial charge >= 0.3 is 0 Å². The van der Waals surface area contributed by atoms with Crippen molar-refractivity contribution in [1.82, 2.24) is 4.31 Å². The fourth-order valence-corrected chi connectivity index (χ4v) is 2.75. The van der Waals surface area contributed by atoms with Gasteiger partial charge in [-0.3, -0.25) is 0 Å². The van der Waals surface area contributed by atoms with E-state index < -0.39 is 15.3 Å². The van der Waals surface area contributed by atoms with Crippen molar-refractivity contribution in [2.24, 2.45) is 0 Å². The predicted octanol–water partition coefficient (Wildman–Crippen LogP) is 0.0538. The molecule has 0 aliphatic rings. The Balaban J connectivity index is 4.75. The molecule has 5 nitrogen and oxygen atoms in total. The lowest BCUT2D eigenvalue weighted by Crippen LogP contribution is -2.44. The van der Waals surface area contributed by atoms with Crippen LogP contribution in [0.3, 0.4) is 0 Å². The molecule has 0 spiro atoms. The molecular weight excluding hydrogens is 218 g/mol. The average Bonchev–Trinajstić information content (AvgIpc) is 2.16. The lowest BCUT2D eigenvalue weighted by molar-refractivity contribution is 0.169. The van der Waals surface area contributed by atoms with Crippen molar-refractivity contribution in [2.45, 2.75) is 32.1 Å². The van der Waals surface area contributed by atoms with Gasteiger partial charge in [0.05, 0.1) is 18.5 Å². The van der Waals surface area contributed by atoms with Gasteiger partial charge in [-0.2, -0.15) is 4.31 Å². The monoisotopic (exact) mass is 239 g/mol. The Morgan fingerprint density at radius 2 is 1.87 bits per heavy atom. The zero-order chi connectivity index (χ0) is 12.1. The van der Waals surface area contributed by atoms with Gasteiger partial charge in [0.2, 0.25) is 10.0 Å². The zero-order valence-electron chi connectivity index (χ0n) is 9.80. The summed E-state index contributed by atoms with van der Waals surface area (Å²) in [7, 11) is -1.89. The first-order valence-electron chi connectivity index (χ1n) is 4.98. The normalized spacial score (nSPS) is 14.9. The standard InChI is InChI=1S/C9H21NO4S/c1-8(2)10(5-6-14-4)15(12,13)9(3)7-11/h8-9,11H,5-7H2,1-4H3. The molecule has 0 saturated heterocycles. The van der Waals surface area contributed by atoms with Crippen LogP contribution in [0, 0.1) is 0 Å². The molecule has 0 aromatic carbocycles. The van der Waals surface area contributed by atoms with Gasteiger partial charge in [-0.05, 0) is 20.8 Å². The van der Waals surface area contributed by atoms with E-state index in [-0.39, 0.29) is 12.6 Å². The fraction of sp³-hybridized carbons (Fsp3) is 1.00. The molecule has 92 valence electrons. The summed E-state index contributed by atoms with van der Waals surface area (Å²) < 4.78 is 30.1. The first-order valence-corrected chi connectivity index (χ1v) is 6.48. The van der Waals surface area contributed by atoms with Crippen LogP contribution in [0.25, 0.3) is 0 Å². The van der Waals surface area contributed by atoms with E-state index in [1.807, 2.05) is 0 Å². The third kappa shape index (κ3) is 4.06. The minimum atomic E-state index is -3.42. The Bertz CT molecular complexity index is 263. The first-order chi connectivity index (χ1) is 6.87. The maximum Gasteiger partial charge on any atom is 0.219 e. The van der Waals surface area contributed by atoms with Crippen molar-refractivity contribution in [1.29, 1.82) is 0 Å². The summed E-state index contributed by atoms with van der Waals surface area (Å²) in [6.45, 7) is 5.42. The fourth-order valence-electron chi connectivity index (χ4n) is 1.19. The average molecular weight is 239 g/mol. The zero-order valence-corrected chi connectivity index (χ0v) is 10.6. The minimum absolute atomic E-state index is 0.126. The maximum absolute atomic E-state index is 11.9. The van der Waals surface area contributed by atoms with E-state index in [0.29, 0.717) is 13.2 Å². The van der Waals surface area contributed by atoms with Gasteiger partial charge in [0, 0.05) is 19.7 Å². The van der Waals surface area contributed by atoms with E-state index in [1.54, 1.807) is 13.8 Å². The summed E-state index contributed by atoms with van der Waals surface area (Å²) in [4.78, 5) is 0. The molecule has 0 heterocycles. The van der Waals surface area contributed by atoms with Crippen LogP contribution >= 0.6 is 0 Å². The highest BCUT2D eigenvalue weighted by Crippen LogP contribution is 2.12. The van der Waals surface area contributed by atoms with Crippen LogP contribution in [0.15, 0.2) is 0 Å². The molecule has 1 N–H and O–H groups in total. The molecule has 0 aliphatic heterocycles. The van der Waals surface area contributed by atoms with Crippen molar-refractivity contribution in [3.05, 3.63) is 0 Å². The van der Waals surface area contributed by atoms with Gasteiger partial charge in [0.15, 0.2) is 0 Å². The number of hydrogen-bond acceptors (Lipinski definition) is 4. The number of ether oxygens (including phenoxy) is 1. The molecule has 1 unspecified atom stereocenters. The van der Waals surface area contributed by atoms with E-state index in [2.05, 4.69) is 0 Å². The maximum atomic E-state index is 11.9. The molecule has 0 amide bonds. The highest BCUT2D eigenvalue weighted by atomic mass is 32.2. The van der Waals surface area contributed by atoms with Gasteiger partial charge in [-0.1, -0.05) is 0 Å². The van der Waals surface area contributed by atoms with Crippen LogP contribution in [0.4, 0.5) is 0 Å². The minimum Gasteiger partial charge on any atom is -0.395 e. The molecule has 0 saturated carbocycles. The second kappa shape index (κ2) is 6.42. The van der Waals surface area contributed by atoms with Crippen molar-refractivity contribution in [3.8, 4) is 0 Å². The van der Waals surface area contributed by atoms with E-state index in [0.717, 1.165) is 0 Å². The number of nitrogens with zero attached hydrogens (tertiary/aromatic N) is 1. The van der Waals surface area contributed by atoms with E-state index >= 15 is 0 Å². The van der Waals surface area contributed by atoms with Crippen molar-refractivity contribution in [2.75, 3.05) is 26.9 Å². The predicted molar refractivity (Wildman–Crippen MR) is 59.2 cm³/mol. The Morgan fingerprint density at radius 3 is 2.20 bits per heavy atom. The highest BCUT2D eigenvalue weighted by Gasteiger charge is 2.29. The number of rotatable bonds is 7. The second-order valence-electron chi connectivity index (χ2n) is 3.74. The Kier molecular flexibility index (Phi) is 6.35. The van der Waals surface area contributed by atoms with Crippen LogP contribution in [-0.4, -0.2) is 56.0 Å². The highest BCUT2D eigenvalue weighted by molar-refractivity contribution is 7.89. The molecule has 15 heavy (non-hydrogen) atoms. The van der Waals surface area contributed by atoms with E-state index in [1.165, 1.54) is 18.3 Å². The molecule has 0 bridgehead atoms. The van der Waals surface area contributed by atoms with Gasteiger partial charge in [-0.15, -0.1) is 0 Å². The number of sulfonamides is 1. The Labute approximate surface area is 92.1 Å². The summed E-state index contributed by atoms with van der Waals surface area (Å²) in [5.74, 6) is 0. The third-order valence-electron chi connectivity index (χ3n) is 2.18. The van der Waals surface area contributed by atoms with Crippen LogP contribution in [0.5, 0.6) is 0 Å². The first kappa shape index (κ1) is 14.8. The molecule has 0 aliphatic carbocycles. The van der Waals surface area contributed by atoms with E-state index in [9.17, 15) is 8.42 Å². The number of hydrogen-bond donors (Lipinski definition) is 1. The smallest absolute Gasteiger partial charge is 0.219 e. The van der Waals surface area contributed by atoms with Crippen LogP contribution in [0.2, 0.25) is 0 Å². The molecule has 6 heteroatoms. The molecule has 0 aromatic heterocycles. The van der Waals surface area contributed by atoms with Gasteiger partial charge < -0.3 is 9.84 Å².